The zero-order valence-electron chi connectivity index (χ0n) is 18.3. The molecule has 0 atom stereocenters. The fourth-order valence-electron chi connectivity index (χ4n) is 2.35. The van der Waals surface area contributed by atoms with Gasteiger partial charge in [0.25, 0.3) is 0 Å². The van der Waals surface area contributed by atoms with Gasteiger partial charge in [0.1, 0.15) is 0 Å². The third-order valence-electron chi connectivity index (χ3n) is 3.80. The Balaban J connectivity index is 0.000000414. The third-order valence-corrected chi connectivity index (χ3v) is 5.59. The molecule has 0 saturated carbocycles. The molecule has 0 fully saturated rings. The summed E-state index contributed by atoms with van der Waals surface area (Å²) in [6.45, 7) is 11.8. The molecule has 0 aliphatic rings. The molecule has 2 aromatic rings. The van der Waals surface area contributed by atoms with E-state index in [2.05, 4.69) is 22.2 Å². The Morgan fingerprint density at radius 2 is 1.43 bits per heavy atom. The SMILES string of the molecule is CCOC(=O)C(=CNc1nc(CC)c(C)s1)C(=O)OCC.CCc1nc(N)sc1C. The molecule has 3 N–H and O–H groups in total. The van der Waals surface area contributed by atoms with Crippen LogP contribution in [0.4, 0.5) is 10.3 Å². The molecule has 0 aliphatic carbocycles. The van der Waals surface area contributed by atoms with Gasteiger partial charge in [-0.25, -0.2) is 19.6 Å². The minimum atomic E-state index is -0.715. The topological polar surface area (TPSA) is 116 Å². The van der Waals surface area contributed by atoms with Crippen molar-refractivity contribution in [2.75, 3.05) is 24.3 Å². The van der Waals surface area contributed by atoms with Crippen LogP contribution in [0.1, 0.15) is 48.8 Å². The standard InChI is InChI=1S/C14H20N2O4S.C6H10N2S/c1-5-11-9(4)21-14(16-11)15-8-10(12(17)19-6-2)13(18)20-7-3;1-3-5-4(2)9-6(7)8-5/h8H,5-7H2,1-4H3,(H,15,16);3H2,1-2H3,(H2,7,8). The smallest absolute Gasteiger partial charge is 0.347 e. The van der Waals surface area contributed by atoms with Gasteiger partial charge >= 0.3 is 11.9 Å². The second kappa shape index (κ2) is 13.0. The zero-order chi connectivity index (χ0) is 22.7. The third kappa shape index (κ3) is 7.75. The molecular formula is C20H30N4O4S2. The van der Waals surface area contributed by atoms with E-state index in [1.165, 1.54) is 22.4 Å². The number of aryl methyl sites for hydroxylation is 4. The molecule has 0 aliphatic heterocycles. The molecule has 10 heteroatoms. The summed E-state index contributed by atoms with van der Waals surface area (Å²) in [6, 6.07) is 0. The van der Waals surface area contributed by atoms with Gasteiger partial charge in [-0.1, -0.05) is 13.8 Å². The first-order valence-electron chi connectivity index (χ1n) is 9.76. The van der Waals surface area contributed by atoms with Crippen molar-refractivity contribution in [3.8, 4) is 0 Å². The highest BCUT2D eigenvalue weighted by atomic mass is 32.1. The van der Waals surface area contributed by atoms with Crippen molar-refractivity contribution >= 4 is 44.9 Å². The van der Waals surface area contributed by atoms with Gasteiger partial charge in [0.2, 0.25) is 0 Å². The summed E-state index contributed by atoms with van der Waals surface area (Å²) in [5, 5.41) is 4.17. The van der Waals surface area contributed by atoms with Crippen molar-refractivity contribution < 1.29 is 19.1 Å². The minimum Gasteiger partial charge on any atom is -0.462 e. The monoisotopic (exact) mass is 454 g/mol. The first-order chi connectivity index (χ1) is 14.3. The fourth-order valence-corrected chi connectivity index (χ4v) is 4.00. The number of ether oxygens (including phenoxy) is 2. The van der Waals surface area contributed by atoms with Crippen molar-refractivity contribution in [2.45, 2.75) is 54.4 Å². The number of nitrogen functional groups attached to an aromatic ring is 1. The molecule has 2 heterocycles. The number of aromatic nitrogens is 2. The van der Waals surface area contributed by atoms with E-state index in [1.807, 2.05) is 20.8 Å². The lowest BCUT2D eigenvalue weighted by atomic mass is 10.3. The highest BCUT2D eigenvalue weighted by Gasteiger charge is 2.21. The number of carbonyl (C=O) groups is 2. The summed E-state index contributed by atoms with van der Waals surface area (Å²) in [6.07, 6.45) is 3.10. The van der Waals surface area contributed by atoms with E-state index >= 15 is 0 Å². The molecule has 2 rings (SSSR count). The lowest BCUT2D eigenvalue weighted by molar-refractivity contribution is -0.146. The number of carbonyl (C=O) groups excluding carboxylic acids is 2. The fraction of sp³-hybridized carbons (Fsp3) is 0.500. The summed E-state index contributed by atoms with van der Waals surface area (Å²) >= 11 is 3.02. The van der Waals surface area contributed by atoms with Gasteiger partial charge in [-0.05, 0) is 40.5 Å². The zero-order valence-corrected chi connectivity index (χ0v) is 20.0. The van der Waals surface area contributed by atoms with Crippen molar-refractivity contribution in [3.05, 3.63) is 32.9 Å². The highest BCUT2D eigenvalue weighted by molar-refractivity contribution is 7.15. The van der Waals surface area contributed by atoms with Crippen molar-refractivity contribution in [1.29, 1.82) is 0 Å². The van der Waals surface area contributed by atoms with Crippen molar-refractivity contribution in [2.24, 2.45) is 0 Å². The number of rotatable bonds is 8. The maximum Gasteiger partial charge on any atom is 0.347 e. The number of hydrogen-bond donors (Lipinski definition) is 2. The van der Waals surface area contributed by atoms with Gasteiger partial charge in [0.15, 0.2) is 15.8 Å². The minimum absolute atomic E-state index is 0.176. The Bertz CT molecular complexity index is 854. The van der Waals surface area contributed by atoms with E-state index in [1.54, 1.807) is 25.2 Å². The molecule has 0 amide bonds. The molecule has 0 spiro atoms. The summed E-state index contributed by atoms with van der Waals surface area (Å²) in [7, 11) is 0. The predicted molar refractivity (Wildman–Crippen MR) is 122 cm³/mol. The Morgan fingerprint density at radius 1 is 0.933 bits per heavy atom. The van der Waals surface area contributed by atoms with Crippen molar-refractivity contribution in [1.82, 2.24) is 9.97 Å². The number of thiazole rings is 2. The summed E-state index contributed by atoms with van der Waals surface area (Å²) in [5.41, 5.74) is 7.41. The van der Waals surface area contributed by atoms with Gasteiger partial charge in [-0.15, -0.1) is 22.7 Å². The number of hydrogen-bond acceptors (Lipinski definition) is 10. The van der Waals surface area contributed by atoms with E-state index in [9.17, 15) is 9.59 Å². The average molecular weight is 455 g/mol. The van der Waals surface area contributed by atoms with Crippen LogP contribution in [-0.4, -0.2) is 35.1 Å². The van der Waals surface area contributed by atoms with Gasteiger partial charge in [-0.2, -0.15) is 0 Å². The van der Waals surface area contributed by atoms with Gasteiger partial charge in [0, 0.05) is 16.0 Å². The lowest BCUT2D eigenvalue weighted by Gasteiger charge is -2.06. The van der Waals surface area contributed by atoms with Crippen LogP contribution in [0, 0.1) is 13.8 Å². The largest absolute Gasteiger partial charge is 0.462 e. The molecule has 30 heavy (non-hydrogen) atoms. The van der Waals surface area contributed by atoms with E-state index in [-0.39, 0.29) is 18.8 Å². The normalized spacial score (nSPS) is 9.93. The molecule has 0 bridgehead atoms. The van der Waals surface area contributed by atoms with Crippen LogP contribution < -0.4 is 11.1 Å². The first kappa shape index (κ1) is 25.6. The van der Waals surface area contributed by atoms with Crippen LogP contribution in [-0.2, 0) is 31.9 Å². The Morgan fingerprint density at radius 3 is 1.80 bits per heavy atom. The van der Waals surface area contributed by atoms with E-state index in [0.717, 1.165) is 29.1 Å². The number of esters is 2. The summed E-state index contributed by atoms with van der Waals surface area (Å²) < 4.78 is 9.69. The molecule has 0 unspecified atom stereocenters. The van der Waals surface area contributed by atoms with Crippen LogP contribution in [0.25, 0.3) is 0 Å². The second-order valence-electron chi connectivity index (χ2n) is 5.93. The number of anilines is 2. The Hall–Kier alpha value is -2.46. The van der Waals surface area contributed by atoms with Crippen LogP contribution in [0.15, 0.2) is 11.8 Å². The Labute approximate surface area is 185 Å². The maximum atomic E-state index is 11.8. The highest BCUT2D eigenvalue weighted by Crippen LogP contribution is 2.22. The van der Waals surface area contributed by atoms with Gasteiger partial charge < -0.3 is 20.5 Å². The number of nitrogens with one attached hydrogen (secondary N) is 1. The predicted octanol–water partition coefficient (Wildman–Crippen LogP) is 4.03. The molecule has 0 radical (unpaired) electrons. The maximum absolute atomic E-state index is 11.8. The van der Waals surface area contributed by atoms with Crippen LogP contribution in [0.2, 0.25) is 0 Å². The van der Waals surface area contributed by atoms with Crippen molar-refractivity contribution in [3.63, 3.8) is 0 Å². The lowest BCUT2D eigenvalue weighted by Crippen LogP contribution is -2.19. The summed E-state index contributed by atoms with van der Waals surface area (Å²) in [5.74, 6) is -1.43. The molecule has 166 valence electrons. The van der Waals surface area contributed by atoms with E-state index < -0.39 is 11.9 Å². The first-order valence-corrected chi connectivity index (χ1v) is 11.4. The molecule has 2 aromatic heterocycles. The molecule has 0 aromatic carbocycles. The Kier molecular flexibility index (Phi) is 11.1. The molecule has 8 nitrogen and oxygen atoms in total. The van der Waals surface area contributed by atoms with Crippen LogP contribution >= 0.6 is 22.7 Å². The number of nitrogens with zero attached hydrogens (tertiary/aromatic N) is 2. The van der Waals surface area contributed by atoms with E-state index in [4.69, 9.17) is 15.2 Å². The average Bonchev–Trinajstić information content (AvgIpc) is 3.23. The van der Waals surface area contributed by atoms with Crippen LogP contribution in [0.5, 0.6) is 0 Å². The molecule has 0 saturated heterocycles. The van der Waals surface area contributed by atoms with Crippen LogP contribution in [0.3, 0.4) is 0 Å². The molecular weight excluding hydrogens is 424 g/mol. The number of nitrogens with two attached hydrogens (primary N) is 1. The van der Waals surface area contributed by atoms with E-state index in [0.29, 0.717) is 10.3 Å². The van der Waals surface area contributed by atoms with Gasteiger partial charge in [0.05, 0.1) is 24.6 Å². The van der Waals surface area contributed by atoms with Gasteiger partial charge in [-0.3, -0.25) is 0 Å². The second-order valence-corrected chi connectivity index (χ2v) is 8.37. The summed E-state index contributed by atoms with van der Waals surface area (Å²) in [4.78, 5) is 34.4. The quantitative estimate of drug-likeness (QED) is 0.266.